The molecule has 0 aromatic heterocycles. The fraction of sp³-hybridized carbons (Fsp3) is 0.462. The molecule has 0 atom stereocenters. The molecule has 1 rings (SSSR count). The standard InChI is InChI=1S/C13H15F3N2O2S/c1-18(10-12-5-2-4-11(8-12)9-17)21(19,20)7-3-6-13(14,15)16/h2,4-5,8H,3,6-7,10H2,1H3. The third-order valence-corrected chi connectivity index (χ3v) is 4.68. The van der Waals surface area contributed by atoms with Crippen LogP contribution in [0.5, 0.6) is 0 Å². The third-order valence-electron chi connectivity index (χ3n) is 2.80. The molecule has 4 nitrogen and oxygen atoms in total. The number of nitriles is 1. The summed E-state index contributed by atoms with van der Waals surface area (Å²) < 4.78 is 60.8. The molecule has 0 radical (unpaired) electrons. The molecule has 0 bridgehead atoms. The van der Waals surface area contributed by atoms with Crippen LogP contribution in [0.1, 0.15) is 24.0 Å². The van der Waals surface area contributed by atoms with Crippen LogP contribution in [0.2, 0.25) is 0 Å². The Bertz CT molecular complexity index is 621. The van der Waals surface area contributed by atoms with E-state index in [-0.39, 0.29) is 6.54 Å². The molecule has 8 heteroatoms. The summed E-state index contributed by atoms with van der Waals surface area (Å²) in [7, 11) is -2.44. The fourth-order valence-electron chi connectivity index (χ4n) is 1.71. The van der Waals surface area contributed by atoms with E-state index >= 15 is 0 Å². The monoisotopic (exact) mass is 320 g/mol. The molecule has 0 aliphatic carbocycles. The van der Waals surface area contributed by atoms with Gasteiger partial charge in [-0.25, -0.2) is 12.7 Å². The Labute approximate surface area is 121 Å². The first-order valence-corrected chi connectivity index (χ1v) is 7.75. The number of rotatable bonds is 6. The van der Waals surface area contributed by atoms with Crippen molar-refractivity contribution in [1.82, 2.24) is 4.31 Å². The lowest BCUT2D eigenvalue weighted by Gasteiger charge is -2.17. The van der Waals surface area contributed by atoms with Crippen LogP contribution in [0.4, 0.5) is 13.2 Å². The molecule has 0 aliphatic rings. The molecular weight excluding hydrogens is 305 g/mol. The van der Waals surface area contributed by atoms with Crippen molar-refractivity contribution in [2.75, 3.05) is 12.8 Å². The number of halogens is 3. The van der Waals surface area contributed by atoms with E-state index in [9.17, 15) is 21.6 Å². The Morgan fingerprint density at radius 1 is 1.33 bits per heavy atom. The van der Waals surface area contributed by atoms with E-state index in [0.717, 1.165) is 4.31 Å². The minimum absolute atomic E-state index is 0.0177. The van der Waals surface area contributed by atoms with E-state index in [0.29, 0.717) is 11.1 Å². The first-order valence-electron chi connectivity index (χ1n) is 6.14. The average Bonchev–Trinajstić information content (AvgIpc) is 2.37. The van der Waals surface area contributed by atoms with Gasteiger partial charge in [0, 0.05) is 20.0 Å². The second-order valence-electron chi connectivity index (χ2n) is 4.60. The van der Waals surface area contributed by atoms with Crippen LogP contribution < -0.4 is 0 Å². The Morgan fingerprint density at radius 3 is 2.57 bits per heavy atom. The van der Waals surface area contributed by atoms with E-state index in [1.54, 1.807) is 24.3 Å². The van der Waals surface area contributed by atoms with Gasteiger partial charge < -0.3 is 0 Å². The second kappa shape index (κ2) is 6.91. The quantitative estimate of drug-likeness (QED) is 0.809. The number of alkyl halides is 3. The number of sulfonamides is 1. The van der Waals surface area contributed by atoms with Crippen molar-refractivity contribution >= 4 is 10.0 Å². The molecule has 0 fully saturated rings. The summed E-state index contributed by atoms with van der Waals surface area (Å²) in [5.41, 5.74) is 1.01. The lowest BCUT2D eigenvalue weighted by atomic mass is 10.1. The number of benzene rings is 1. The summed E-state index contributed by atoms with van der Waals surface area (Å²) in [5, 5.41) is 8.76. The molecule has 0 aliphatic heterocycles. The summed E-state index contributed by atoms with van der Waals surface area (Å²) in [6, 6.07) is 8.34. The van der Waals surface area contributed by atoms with Crippen LogP contribution in [0.15, 0.2) is 24.3 Å². The molecule has 0 N–H and O–H groups in total. The molecule has 0 amide bonds. The van der Waals surface area contributed by atoms with E-state index in [1.807, 2.05) is 6.07 Å². The highest BCUT2D eigenvalue weighted by Crippen LogP contribution is 2.22. The predicted octanol–water partition coefficient (Wildman–Crippen LogP) is 2.66. The smallest absolute Gasteiger partial charge is 0.212 e. The maximum Gasteiger partial charge on any atom is 0.389 e. The Hall–Kier alpha value is -1.59. The van der Waals surface area contributed by atoms with E-state index in [2.05, 4.69) is 0 Å². The maximum absolute atomic E-state index is 12.0. The molecule has 0 saturated heterocycles. The largest absolute Gasteiger partial charge is 0.389 e. The van der Waals surface area contributed by atoms with Gasteiger partial charge in [-0.2, -0.15) is 18.4 Å². The van der Waals surface area contributed by atoms with Crippen molar-refractivity contribution < 1.29 is 21.6 Å². The second-order valence-corrected chi connectivity index (χ2v) is 6.80. The van der Waals surface area contributed by atoms with Crippen molar-refractivity contribution in [3.63, 3.8) is 0 Å². The molecule has 0 saturated carbocycles. The lowest BCUT2D eigenvalue weighted by molar-refractivity contribution is -0.134. The highest BCUT2D eigenvalue weighted by molar-refractivity contribution is 7.89. The van der Waals surface area contributed by atoms with Gasteiger partial charge in [0.15, 0.2) is 0 Å². The van der Waals surface area contributed by atoms with Crippen molar-refractivity contribution in [1.29, 1.82) is 5.26 Å². The number of hydrogen-bond acceptors (Lipinski definition) is 3. The summed E-state index contributed by atoms with van der Waals surface area (Å²) in [4.78, 5) is 0. The zero-order chi connectivity index (χ0) is 16.1. The summed E-state index contributed by atoms with van der Waals surface area (Å²) >= 11 is 0. The minimum Gasteiger partial charge on any atom is -0.212 e. The van der Waals surface area contributed by atoms with Crippen LogP contribution in [-0.2, 0) is 16.6 Å². The summed E-state index contributed by atoms with van der Waals surface area (Å²) in [6.07, 6.45) is -5.94. The first-order chi connectivity index (χ1) is 9.64. The Balaban J connectivity index is 2.64. The van der Waals surface area contributed by atoms with Gasteiger partial charge in [0.1, 0.15) is 0 Å². The van der Waals surface area contributed by atoms with Crippen LogP contribution in [0.3, 0.4) is 0 Å². The van der Waals surface area contributed by atoms with Gasteiger partial charge in [0.25, 0.3) is 0 Å². The molecule has 0 spiro atoms. The highest BCUT2D eigenvalue weighted by Gasteiger charge is 2.28. The fourth-order valence-corrected chi connectivity index (χ4v) is 2.87. The molecule has 0 heterocycles. The maximum atomic E-state index is 12.0. The minimum atomic E-state index is -4.35. The van der Waals surface area contributed by atoms with Crippen LogP contribution in [0, 0.1) is 11.3 Å². The van der Waals surface area contributed by atoms with Crippen LogP contribution >= 0.6 is 0 Å². The molecule has 116 valence electrons. The van der Waals surface area contributed by atoms with Gasteiger partial charge in [0.05, 0.1) is 17.4 Å². The van der Waals surface area contributed by atoms with Gasteiger partial charge in [0.2, 0.25) is 10.0 Å². The Kier molecular flexibility index (Phi) is 5.75. The van der Waals surface area contributed by atoms with Gasteiger partial charge in [-0.15, -0.1) is 0 Å². The van der Waals surface area contributed by atoms with Gasteiger partial charge in [-0.1, -0.05) is 12.1 Å². The number of hydrogen-bond donors (Lipinski definition) is 0. The van der Waals surface area contributed by atoms with Crippen molar-refractivity contribution in [2.45, 2.75) is 25.6 Å². The molecule has 1 aromatic rings. The van der Waals surface area contributed by atoms with E-state index in [4.69, 9.17) is 5.26 Å². The summed E-state index contributed by atoms with van der Waals surface area (Å²) in [6.45, 7) is 0.0177. The SMILES string of the molecule is CN(Cc1cccc(C#N)c1)S(=O)(=O)CCCC(F)(F)F. The third kappa shape index (κ3) is 6.14. The number of nitrogens with zero attached hydrogens (tertiary/aromatic N) is 2. The summed E-state index contributed by atoms with van der Waals surface area (Å²) in [5.74, 6) is -0.555. The van der Waals surface area contributed by atoms with E-state index in [1.165, 1.54) is 7.05 Å². The molecule has 1 aromatic carbocycles. The highest BCUT2D eigenvalue weighted by atomic mass is 32.2. The molecule has 0 unspecified atom stereocenters. The van der Waals surface area contributed by atoms with Gasteiger partial charge >= 0.3 is 6.18 Å². The molecule has 21 heavy (non-hydrogen) atoms. The zero-order valence-corrected chi connectivity index (χ0v) is 12.2. The molecular formula is C13H15F3N2O2S. The lowest BCUT2D eigenvalue weighted by Crippen LogP contribution is -2.29. The first kappa shape index (κ1) is 17.5. The van der Waals surface area contributed by atoms with Crippen LogP contribution in [-0.4, -0.2) is 31.7 Å². The predicted molar refractivity (Wildman–Crippen MR) is 71.7 cm³/mol. The van der Waals surface area contributed by atoms with Gasteiger partial charge in [-0.05, 0) is 24.1 Å². The van der Waals surface area contributed by atoms with Crippen molar-refractivity contribution in [3.8, 4) is 6.07 Å². The van der Waals surface area contributed by atoms with E-state index < -0.39 is 34.8 Å². The average molecular weight is 320 g/mol. The zero-order valence-electron chi connectivity index (χ0n) is 11.4. The van der Waals surface area contributed by atoms with Gasteiger partial charge in [-0.3, -0.25) is 0 Å². The van der Waals surface area contributed by atoms with Crippen molar-refractivity contribution in [3.05, 3.63) is 35.4 Å². The van der Waals surface area contributed by atoms with Crippen molar-refractivity contribution in [2.24, 2.45) is 0 Å². The van der Waals surface area contributed by atoms with Crippen LogP contribution in [0.25, 0.3) is 0 Å². The topological polar surface area (TPSA) is 61.2 Å². The normalized spacial score (nSPS) is 12.4. The Morgan fingerprint density at radius 2 is 2.00 bits per heavy atom.